The Morgan fingerprint density at radius 1 is 1.24 bits per heavy atom. The van der Waals surface area contributed by atoms with E-state index in [0.717, 1.165) is 23.7 Å². The fourth-order valence-corrected chi connectivity index (χ4v) is 5.46. The molecule has 0 nitrogen and oxygen atoms in total. The van der Waals surface area contributed by atoms with Crippen molar-refractivity contribution in [1.29, 1.82) is 0 Å². The van der Waals surface area contributed by atoms with E-state index in [1.54, 1.807) is 0 Å². The molecule has 0 aliphatic heterocycles. The summed E-state index contributed by atoms with van der Waals surface area (Å²) >= 11 is 2.69. The van der Waals surface area contributed by atoms with Gasteiger partial charge in [0, 0.05) is 3.42 Å². The molecule has 0 saturated heterocycles. The predicted molar refractivity (Wildman–Crippen MR) is 82.5 cm³/mol. The predicted octanol–water partition coefficient (Wildman–Crippen LogP) is 5.36. The van der Waals surface area contributed by atoms with Crippen LogP contribution in [0.1, 0.15) is 58.8 Å². The molecule has 0 bridgehead atoms. The highest BCUT2D eigenvalue weighted by atomic mass is 127. The van der Waals surface area contributed by atoms with Gasteiger partial charge in [-0.25, -0.2) is 0 Å². The van der Waals surface area contributed by atoms with E-state index in [1.807, 2.05) is 5.57 Å². The van der Waals surface area contributed by atoms with E-state index in [2.05, 4.69) is 42.5 Å². The second-order valence-electron chi connectivity index (χ2n) is 6.98. The van der Waals surface area contributed by atoms with Gasteiger partial charge in [-0.1, -0.05) is 60.9 Å². The lowest BCUT2D eigenvalue weighted by Gasteiger charge is -2.48. The van der Waals surface area contributed by atoms with Crippen LogP contribution in [0.15, 0.2) is 11.6 Å². The first-order valence-corrected chi connectivity index (χ1v) is 8.53. The zero-order valence-electron chi connectivity index (χ0n) is 11.2. The smallest absolute Gasteiger partial charge is 0.0234 e. The third-order valence-corrected chi connectivity index (χ3v) is 6.49. The van der Waals surface area contributed by atoms with Crippen LogP contribution < -0.4 is 0 Å². The molecule has 1 heteroatoms. The summed E-state index contributed by atoms with van der Waals surface area (Å²) in [5.41, 5.74) is 1.89. The van der Waals surface area contributed by atoms with Gasteiger partial charge in [0.1, 0.15) is 0 Å². The van der Waals surface area contributed by atoms with E-state index >= 15 is 0 Å². The van der Waals surface area contributed by atoms with Gasteiger partial charge in [-0.05, 0) is 55.8 Å². The number of halogens is 1. The molecule has 0 spiro atoms. The lowest BCUT2D eigenvalue weighted by atomic mass is 9.58. The van der Waals surface area contributed by atoms with Gasteiger partial charge in [0.25, 0.3) is 0 Å². The van der Waals surface area contributed by atoms with Gasteiger partial charge in [0.15, 0.2) is 0 Å². The van der Waals surface area contributed by atoms with Crippen molar-refractivity contribution in [2.45, 2.75) is 62.2 Å². The Bertz CT molecular complexity index is 328. The van der Waals surface area contributed by atoms with Crippen molar-refractivity contribution in [2.24, 2.45) is 23.7 Å². The van der Waals surface area contributed by atoms with E-state index in [0.29, 0.717) is 3.42 Å². The molecule has 2 fully saturated rings. The molecule has 0 aromatic heterocycles. The van der Waals surface area contributed by atoms with Crippen molar-refractivity contribution < 1.29 is 0 Å². The van der Waals surface area contributed by atoms with Crippen LogP contribution in [0.5, 0.6) is 0 Å². The number of allylic oxidation sites excluding steroid dienone is 2. The molecule has 0 aromatic rings. The highest BCUT2D eigenvalue weighted by Gasteiger charge is 2.42. The Hall–Kier alpha value is 0.470. The fraction of sp³-hybridized carbons (Fsp3) is 0.875. The molecule has 96 valence electrons. The SMILES string of the molecule is C[C@H]1CCCC2C3=CC[C@](C)(I)C[C@@H]3CC[C@@H]21. The quantitative estimate of drug-likeness (QED) is 0.315. The highest BCUT2D eigenvalue weighted by molar-refractivity contribution is 14.1. The zero-order valence-corrected chi connectivity index (χ0v) is 13.4. The normalized spacial score (nSPS) is 50.2. The largest absolute Gasteiger partial charge is 0.0834 e. The average molecular weight is 344 g/mol. The van der Waals surface area contributed by atoms with Gasteiger partial charge in [0.05, 0.1) is 0 Å². The van der Waals surface area contributed by atoms with Crippen molar-refractivity contribution in [3.05, 3.63) is 11.6 Å². The van der Waals surface area contributed by atoms with Crippen LogP contribution in [0.3, 0.4) is 0 Å². The first kappa shape index (κ1) is 12.5. The van der Waals surface area contributed by atoms with E-state index in [4.69, 9.17) is 0 Å². The second-order valence-corrected chi connectivity index (χ2v) is 9.58. The van der Waals surface area contributed by atoms with Crippen molar-refractivity contribution in [2.75, 3.05) is 0 Å². The third kappa shape index (κ3) is 2.33. The van der Waals surface area contributed by atoms with Gasteiger partial charge in [-0.2, -0.15) is 0 Å². The van der Waals surface area contributed by atoms with E-state index in [9.17, 15) is 0 Å². The summed E-state index contributed by atoms with van der Waals surface area (Å²) in [6.45, 7) is 4.94. The Labute approximate surface area is 120 Å². The van der Waals surface area contributed by atoms with Crippen molar-refractivity contribution in [1.82, 2.24) is 0 Å². The second kappa shape index (κ2) is 4.54. The summed E-state index contributed by atoms with van der Waals surface area (Å²) in [6.07, 6.45) is 12.9. The minimum atomic E-state index is 0.541. The summed E-state index contributed by atoms with van der Waals surface area (Å²) in [6, 6.07) is 0. The maximum atomic E-state index is 2.69. The highest BCUT2D eigenvalue weighted by Crippen LogP contribution is 2.53. The fourth-order valence-electron chi connectivity index (χ4n) is 4.71. The van der Waals surface area contributed by atoms with Crippen LogP contribution in [0.25, 0.3) is 0 Å². The minimum Gasteiger partial charge on any atom is -0.0834 e. The van der Waals surface area contributed by atoms with Gasteiger partial charge < -0.3 is 0 Å². The number of hydrogen-bond donors (Lipinski definition) is 0. The number of alkyl halides is 1. The van der Waals surface area contributed by atoms with Crippen LogP contribution in [-0.2, 0) is 0 Å². The Balaban J connectivity index is 1.85. The number of hydrogen-bond acceptors (Lipinski definition) is 0. The number of rotatable bonds is 0. The van der Waals surface area contributed by atoms with Crippen LogP contribution >= 0.6 is 22.6 Å². The zero-order chi connectivity index (χ0) is 12.0. The summed E-state index contributed by atoms with van der Waals surface area (Å²) in [7, 11) is 0. The molecule has 1 unspecified atom stereocenters. The van der Waals surface area contributed by atoms with Crippen molar-refractivity contribution >= 4 is 22.6 Å². The van der Waals surface area contributed by atoms with Crippen molar-refractivity contribution in [3.63, 3.8) is 0 Å². The molecule has 3 rings (SSSR count). The summed E-state index contributed by atoms with van der Waals surface area (Å²) in [5, 5.41) is 0. The van der Waals surface area contributed by atoms with Crippen LogP contribution in [0, 0.1) is 23.7 Å². The molecular formula is C16H25I. The summed E-state index contributed by atoms with van der Waals surface area (Å²) in [5.74, 6) is 3.94. The molecule has 17 heavy (non-hydrogen) atoms. The molecular weight excluding hydrogens is 319 g/mol. The molecule has 3 aliphatic rings. The Kier molecular flexibility index (Phi) is 3.34. The summed E-state index contributed by atoms with van der Waals surface area (Å²) in [4.78, 5) is 0. The van der Waals surface area contributed by atoms with Gasteiger partial charge in [0.2, 0.25) is 0 Å². The van der Waals surface area contributed by atoms with Gasteiger partial charge >= 0.3 is 0 Å². The Morgan fingerprint density at radius 2 is 2.06 bits per heavy atom. The molecule has 0 amide bonds. The molecule has 2 saturated carbocycles. The molecule has 0 radical (unpaired) electrons. The van der Waals surface area contributed by atoms with E-state index in [-0.39, 0.29) is 0 Å². The van der Waals surface area contributed by atoms with Crippen LogP contribution in [0.4, 0.5) is 0 Å². The maximum Gasteiger partial charge on any atom is 0.0234 e. The van der Waals surface area contributed by atoms with Crippen LogP contribution in [0.2, 0.25) is 0 Å². The van der Waals surface area contributed by atoms with Gasteiger partial charge in [-0.3, -0.25) is 0 Å². The van der Waals surface area contributed by atoms with Crippen LogP contribution in [-0.4, -0.2) is 3.42 Å². The molecule has 3 aliphatic carbocycles. The lowest BCUT2D eigenvalue weighted by Crippen LogP contribution is -2.38. The Morgan fingerprint density at radius 3 is 2.88 bits per heavy atom. The molecule has 5 atom stereocenters. The molecule has 0 aromatic carbocycles. The third-order valence-electron chi connectivity index (χ3n) is 5.61. The number of fused-ring (bicyclic) bond motifs is 3. The monoisotopic (exact) mass is 344 g/mol. The standard InChI is InChI=1S/C16H25I/c1-11-4-3-5-15-13(11)7-6-12-10-16(2,17)9-8-14(12)15/h8,11-13,15H,3-7,9-10H2,1-2H3/t11-,12-,13+,15?,16-/m0/s1. The summed E-state index contributed by atoms with van der Waals surface area (Å²) < 4.78 is 0.541. The first-order chi connectivity index (χ1) is 8.07. The lowest BCUT2D eigenvalue weighted by molar-refractivity contribution is 0.125. The molecule has 0 heterocycles. The van der Waals surface area contributed by atoms with Crippen molar-refractivity contribution in [3.8, 4) is 0 Å². The first-order valence-electron chi connectivity index (χ1n) is 7.46. The maximum absolute atomic E-state index is 2.69. The van der Waals surface area contributed by atoms with Gasteiger partial charge in [-0.15, -0.1) is 0 Å². The topological polar surface area (TPSA) is 0 Å². The minimum absolute atomic E-state index is 0.541. The van der Waals surface area contributed by atoms with E-state index in [1.165, 1.54) is 44.9 Å². The molecule has 0 N–H and O–H groups in total. The average Bonchev–Trinajstić information content (AvgIpc) is 2.27. The van der Waals surface area contributed by atoms with E-state index < -0.39 is 0 Å².